The number of aromatic nitrogens is 3. The molecular formula is C43H25N3O. The van der Waals surface area contributed by atoms with Crippen molar-refractivity contribution in [2.24, 2.45) is 0 Å². The fraction of sp³-hybridized carbons (Fsp3) is 0. The zero-order valence-corrected chi connectivity index (χ0v) is 25.2. The molecule has 0 saturated heterocycles. The van der Waals surface area contributed by atoms with Crippen LogP contribution < -0.4 is 0 Å². The zero-order chi connectivity index (χ0) is 30.9. The van der Waals surface area contributed by atoms with Gasteiger partial charge in [-0.3, -0.25) is 0 Å². The highest BCUT2D eigenvalue weighted by molar-refractivity contribution is 6.17. The van der Waals surface area contributed by atoms with E-state index in [1.54, 1.807) is 0 Å². The van der Waals surface area contributed by atoms with Crippen molar-refractivity contribution in [1.29, 1.82) is 0 Å². The van der Waals surface area contributed by atoms with Crippen molar-refractivity contribution in [3.05, 3.63) is 152 Å². The Morgan fingerprint density at radius 2 is 0.894 bits per heavy atom. The molecule has 0 fully saturated rings. The number of hydrogen-bond acceptors (Lipinski definition) is 4. The molecule has 218 valence electrons. The normalized spacial score (nSPS) is 11.8. The molecule has 0 amide bonds. The number of fused-ring (bicyclic) bond motifs is 9. The summed E-state index contributed by atoms with van der Waals surface area (Å²) in [5, 5.41) is 11.7. The van der Waals surface area contributed by atoms with Gasteiger partial charge in [0.2, 0.25) is 0 Å². The van der Waals surface area contributed by atoms with Gasteiger partial charge in [0.15, 0.2) is 17.5 Å². The lowest BCUT2D eigenvalue weighted by Gasteiger charge is -2.12. The first kappa shape index (κ1) is 25.9. The van der Waals surface area contributed by atoms with Crippen molar-refractivity contribution >= 4 is 65.0 Å². The first-order chi connectivity index (χ1) is 23.3. The van der Waals surface area contributed by atoms with Gasteiger partial charge >= 0.3 is 0 Å². The van der Waals surface area contributed by atoms with Crippen molar-refractivity contribution in [2.45, 2.75) is 0 Å². The van der Waals surface area contributed by atoms with Gasteiger partial charge in [0.1, 0.15) is 11.2 Å². The van der Waals surface area contributed by atoms with Crippen LogP contribution >= 0.6 is 0 Å². The van der Waals surface area contributed by atoms with E-state index in [9.17, 15) is 0 Å². The Bertz CT molecular complexity index is 2860. The Hall–Kier alpha value is -6.39. The summed E-state index contributed by atoms with van der Waals surface area (Å²) >= 11 is 0. The first-order valence-electron chi connectivity index (χ1n) is 15.8. The Morgan fingerprint density at radius 1 is 0.340 bits per heavy atom. The van der Waals surface area contributed by atoms with E-state index in [0.29, 0.717) is 17.5 Å². The van der Waals surface area contributed by atoms with Gasteiger partial charge in [-0.15, -0.1) is 0 Å². The summed E-state index contributed by atoms with van der Waals surface area (Å²) in [5.74, 6) is 1.82. The highest BCUT2D eigenvalue weighted by Crippen LogP contribution is 2.37. The summed E-state index contributed by atoms with van der Waals surface area (Å²) in [6.45, 7) is 0. The standard InChI is InChI=1S/C43H25N3O/c1-4-13-31-26(9-1)11-7-16-37(31)42-44-41(45-43(46-42)38-17-8-15-36-35-14-5-6-18-39(35)47-40(36)38)29-21-22-32-28(25-29)20-24-33-30-12-3-2-10-27(30)19-23-34(32)33/h1-25H. The molecule has 0 unspecified atom stereocenters. The second-order valence-electron chi connectivity index (χ2n) is 12.0. The van der Waals surface area contributed by atoms with E-state index in [0.717, 1.165) is 54.8 Å². The molecule has 10 aromatic rings. The molecule has 0 spiro atoms. The predicted octanol–water partition coefficient (Wildman–Crippen LogP) is 11.4. The van der Waals surface area contributed by atoms with Crippen molar-refractivity contribution < 1.29 is 4.42 Å². The van der Waals surface area contributed by atoms with E-state index in [2.05, 4.69) is 121 Å². The molecule has 4 nitrogen and oxygen atoms in total. The fourth-order valence-electron chi connectivity index (χ4n) is 7.06. The zero-order valence-electron chi connectivity index (χ0n) is 25.2. The van der Waals surface area contributed by atoms with E-state index in [-0.39, 0.29) is 0 Å². The molecule has 10 rings (SSSR count). The molecule has 2 heterocycles. The van der Waals surface area contributed by atoms with Crippen molar-refractivity contribution in [1.82, 2.24) is 15.0 Å². The minimum absolute atomic E-state index is 0.577. The Balaban J connectivity index is 1.22. The van der Waals surface area contributed by atoms with Gasteiger partial charge in [0.25, 0.3) is 0 Å². The first-order valence-corrected chi connectivity index (χ1v) is 15.8. The summed E-state index contributed by atoms with van der Waals surface area (Å²) in [5.41, 5.74) is 4.34. The van der Waals surface area contributed by atoms with Crippen LogP contribution in [0, 0.1) is 0 Å². The predicted molar refractivity (Wildman–Crippen MR) is 193 cm³/mol. The maximum atomic E-state index is 6.43. The van der Waals surface area contributed by atoms with Gasteiger partial charge in [-0.05, 0) is 61.3 Å². The van der Waals surface area contributed by atoms with Gasteiger partial charge < -0.3 is 4.42 Å². The Labute approximate surface area is 269 Å². The molecule has 0 aliphatic heterocycles. The number of para-hydroxylation sites is 2. The number of nitrogens with zero attached hydrogens (tertiary/aromatic N) is 3. The summed E-state index contributed by atoms with van der Waals surface area (Å²) < 4.78 is 6.43. The summed E-state index contributed by atoms with van der Waals surface area (Å²) in [7, 11) is 0. The van der Waals surface area contributed by atoms with Gasteiger partial charge in [-0.2, -0.15) is 0 Å². The number of furan rings is 1. The highest BCUT2D eigenvalue weighted by atomic mass is 16.3. The van der Waals surface area contributed by atoms with E-state index in [1.807, 2.05) is 30.3 Å². The molecule has 8 aromatic carbocycles. The summed E-state index contributed by atoms with van der Waals surface area (Å²) in [4.78, 5) is 15.4. The van der Waals surface area contributed by atoms with Crippen LogP contribution in [-0.2, 0) is 0 Å². The van der Waals surface area contributed by atoms with Crippen LogP contribution in [-0.4, -0.2) is 15.0 Å². The van der Waals surface area contributed by atoms with Crippen LogP contribution in [0.25, 0.3) is 99.2 Å². The van der Waals surface area contributed by atoms with Crippen LogP contribution in [0.1, 0.15) is 0 Å². The molecule has 0 atom stereocenters. The smallest absolute Gasteiger partial charge is 0.167 e. The largest absolute Gasteiger partial charge is 0.455 e. The third-order valence-electron chi connectivity index (χ3n) is 9.31. The minimum Gasteiger partial charge on any atom is -0.455 e. The van der Waals surface area contributed by atoms with Gasteiger partial charge in [0.05, 0.1) is 5.56 Å². The van der Waals surface area contributed by atoms with Crippen LogP contribution in [0.15, 0.2) is 156 Å². The van der Waals surface area contributed by atoms with E-state index in [1.165, 1.54) is 26.9 Å². The molecule has 0 aliphatic rings. The number of rotatable bonds is 3. The van der Waals surface area contributed by atoms with Crippen molar-refractivity contribution in [2.75, 3.05) is 0 Å². The maximum Gasteiger partial charge on any atom is 0.167 e. The molecule has 2 aromatic heterocycles. The number of hydrogen-bond donors (Lipinski definition) is 0. The fourth-order valence-corrected chi connectivity index (χ4v) is 7.06. The summed E-state index contributed by atoms with van der Waals surface area (Å²) in [6, 6.07) is 52.9. The molecule has 0 bridgehead atoms. The van der Waals surface area contributed by atoms with Crippen molar-refractivity contribution in [3.8, 4) is 34.2 Å². The topological polar surface area (TPSA) is 51.8 Å². The van der Waals surface area contributed by atoms with Crippen LogP contribution in [0.3, 0.4) is 0 Å². The maximum absolute atomic E-state index is 6.43. The molecule has 47 heavy (non-hydrogen) atoms. The van der Waals surface area contributed by atoms with Crippen molar-refractivity contribution in [3.63, 3.8) is 0 Å². The van der Waals surface area contributed by atoms with Gasteiger partial charge in [-0.1, -0.05) is 133 Å². The Morgan fingerprint density at radius 3 is 1.74 bits per heavy atom. The summed E-state index contributed by atoms with van der Waals surface area (Å²) in [6.07, 6.45) is 0. The molecular weight excluding hydrogens is 574 g/mol. The SMILES string of the molecule is c1ccc2c(-c3nc(-c4ccc5c(ccc6c7ccccc7ccc56)c4)nc(-c4cccc5c4oc4ccccc45)n3)cccc2c1. The third-order valence-corrected chi connectivity index (χ3v) is 9.31. The lowest BCUT2D eigenvalue weighted by molar-refractivity contribution is 0.669. The molecule has 0 radical (unpaired) electrons. The van der Waals surface area contributed by atoms with Crippen LogP contribution in [0.4, 0.5) is 0 Å². The lowest BCUT2D eigenvalue weighted by Crippen LogP contribution is -2.01. The third kappa shape index (κ3) is 4.05. The van der Waals surface area contributed by atoms with Crippen LogP contribution in [0.5, 0.6) is 0 Å². The molecule has 0 N–H and O–H groups in total. The highest BCUT2D eigenvalue weighted by Gasteiger charge is 2.19. The molecule has 4 heteroatoms. The molecule has 0 saturated carbocycles. The monoisotopic (exact) mass is 599 g/mol. The van der Waals surface area contributed by atoms with E-state index < -0.39 is 0 Å². The molecule has 0 aliphatic carbocycles. The lowest BCUT2D eigenvalue weighted by atomic mass is 9.96. The van der Waals surface area contributed by atoms with Crippen LogP contribution in [0.2, 0.25) is 0 Å². The Kier molecular flexibility index (Phi) is 5.54. The second-order valence-corrected chi connectivity index (χ2v) is 12.0. The quantitative estimate of drug-likeness (QED) is 0.190. The second kappa shape index (κ2) is 10.1. The minimum atomic E-state index is 0.577. The van der Waals surface area contributed by atoms with E-state index in [4.69, 9.17) is 19.4 Å². The van der Waals surface area contributed by atoms with E-state index >= 15 is 0 Å². The van der Waals surface area contributed by atoms with Gasteiger partial charge in [0, 0.05) is 21.9 Å². The number of benzene rings is 8. The average Bonchev–Trinajstić information content (AvgIpc) is 3.53. The average molecular weight is 600 g/mol. The van der Waals surface area contributed by atoms with Gasteiger partial charge in [-0.25, -0.2) is 15.0 Å².